The lowest BCUT2D eigenvalue weighted by atomic mass is 10.1. The summed E-state index contributed by atoms with van der Waals surface area (Å²) >= 11 is 0. The normalized spacial score (nSPS) is 13.7. The molecule has 0 aliphatic carbocycles. The standard InChI is InChI=1S/C12H11NO2/c1-14-11-8-4-2-3-5-10(8)13-12-9(11)6-7-15-12/h2-5H,6-7H2,1H3. The van der Waals surface area contributed by atoms with Crippen LogP contribution >= 0.6 is 0 Å². The quantitative estimate of drug-likeness (QED) is 0.708. The number of ether oxygens (including phenoxy) is 2. The predicted molar refractivity (Wildman–Crippen MR) is 57.5 cm³/mol. The van der Waals surface area contributed by atoms with Gasteiger partial charge in [-0.1, -0.05) is 12.1 Å². The molecule has 1 aliphatic rings. The topological polar surface area (TPSA) is 31.4 Å². The van der Waals surface area contributed by atoms with Gasteiger partial charge in [0.05, 0.1) is 24.8 Å². The summed E-state index contributed by atoms with van der Waals surface area (Å²) in [6.07, 6.45) is 0.885. The number of rotatable bonds is 1. The minimum absolute atomic E-state index is 0.703. The largest absolute Gasteiger partial charge is 0.496 e. The van der Waals surface area contributed by atoms with Gasteiger partial charge in [0, 0.05) is 11.8 Å². The smallest absolute Gasteiger partial charge is 0.221 e. The number of nitrogens with zero attached hydrogens (tertiary/aromatic N) is 1. The van der Waals surface area contributed by atoms with Gasteiger partial charge in [0.25, 0.3) is 0 Å². The second-order valence-electron chi connectivity index (χ2n) is 3.54. The van der Waals surface area contributed by atoms with Gasteiger partial charge in [0.15, 0.2) is 0 Å². The van der Waals surface area contributed by atoms with Gasteiger partial charge in [-0.2, -0.15) is 0 Å². The first kappa shape index (κ1) is 8.53. The number of para-hydroxylation sites is 1. The number of pyridine rings is 1. The minimum Gasteiger partial charge on any atom is -0.496 e. The Morgan fingerprint density at radius 1 is 1.33 bits per heavy atom. The Morgan fingerprint density at radius 2 is 2.20 bits per heavy atom. The lowest BCUT2D eigenvalue weighted by Gasteiger charge is -2.08. The molecule has 0 fully saturated rings. The second-order valence-corrected chi connectivity index (χ2v) is 3.54. The lowest BCUT2D eigenvalue weighted by molar-refractivity contribution is 0.345. The molecule has 0 spiro atoms. The van der Waals surface area contributed by atoms with Crippen molar-refractivity contribution < 1.29 is 9.47 Å². The van der Waals surface area contributed by atoms with E-state index < -0.39 is 0 Å². The van der Waals surface area contributed by atoms with Crippen LogP contribution in [-0.2, 0) is 6.42 Å². The zero-order chi connectivity index (χ0) is 10.3. The van der Waals surface area contributed by atoms with Crippen LogP contribution < -0.4 is 9.47 Å². The molecule has 0 saturated heterocycles. The number of benzene rings is 1. The van der Waals surface area contributed by atoms with E-state index in [0.717, 1.165) is 34.5 Å². The molecule has 0 bridgehead atoms. The number of fused-ring (bicyclic) bond motifs is 2. The van der Waals surface area contributed by atoms with E-state index in [1.807, 2.05) is 24.3 Å². The molecule has 2 aromatic rings. The molecular formula is C12H11NO2. The maximum absolute atomic E-state index is 5.46. The molecular weight excluding hydrogens is 190 g/mol. The van der Waals surface area contributed by atoms with E-state index in [4.69, 9.17) is 9.47 Å². The predicted octanol–water partition coefficient (Wildman–Crippen LogP) is 2.18. The number of hydrogen-bond donors (Lipinski definition) is 0. The maximum Gasteiger partial charge on any atom is 0.221 e. The van der Waals surface area contributed by atoms with Crippen molar-refractivity contribution in [1.29, 1.82) is 0 Å². The molecule has 1 aliphatic heterocycles. The van der Waals surface area contributed by atoms with Crippen LogP contribution in [0.25, 0.3) is 10.9 Å². The summed E-state index contributed by atoms with van der Waals surface area (Å²) in [5, 5.41) is 1.06. The highest BCUT2D eigenvalue weighted by atomic mass is 16.5. The molecule has 3 rings (SSSR count). The molecule has 1 aromatic heterocycles. The van der Waals surface area contributed by atoms with E-state index in [-0.39, 0.29) is 0 Å². The van der Waals surface area contributed by atoms with Gasteiger partial charge >= 0.3 is 0 Å². The third-order valence-corrected chi connectivity index (χ3v) is 2.70. The fourth-order valence-electron chi connectivity index (χ4n) is 2.02. The van der Waals surface area contributed by atoms with Gasteiger partial charge < -0.3 is 9.47 Å². The van der Waals surface area contributed by atoms with E-state index in [0.29, 0.717) is 6.61 Å². The molecule has 0 N–H and O–H groups in total. The molecule has 76 valence electrons. The molecule has 15 heavy (non-hydrogen) atoms. The Hall–Kier alpha value is -1.77. The Balaban J connectivity index is 2.41. The van der Waals surface area contributed by atoms with Crippen molar-refractivity contribution in [2.45, 2.75) is 6.42 Å². The van der Waals surface area contributed by atoms with Gasteiger partial charge in [-0.15, -0.1) is 0 Å². The fourth-order valence-corrected chi connectivity index (χ4v) is 2.02. The van der Waals surface area contributed by atoms with E-state index in [2.05, 4.69) is 4.98 Å². The number of aromatic nitrogens is 1. The molecule has 0 atom stereocenters. The van der Waals surface area contributed by atoms with Crippen LogP contribution in [0.3, 0.4) is 0 Å². The maximum atomic E-state index is 5.46. The molecule has 3 heteroatoms. The third kappa shape index (κ3) is 1.16. The van der Waals surface area contributed by atoms with Crippen LogP contribution in [-0.4, -0.2) is 18.7 Å². The summed E-state index contributed by atoms with van der Waals surface area (Å²) in [4.78, 5) is 4.46. The summed E-state index contributed by atoms with van der Waals surface area (Å²) in [5.74, 6) is 1.64. The summed E-state index contributed by atoms with van der Waals surface area (Å²) in [6.45, 7) is 0.703. The van der Waals surface area contributed by atoms with Crippen molar-refractivity contribution >= 4 is 10.9 Å². The van der Waals surface area contributed by atoms with Gasteiger partial charge in [-0.25, -0.2) is 4.98 Å². The first-order valence-electron chi connectivity index (χ1n) is 4.98. The van der Waals surface area contributed by atoms with Crippen LogP contribution in [0.2, 0.25) is 0 Å². The SMILES string of the molecule is COc1c2c(nc3ccccc13)OCC2. The van der Waals surface area contributed by atoms with Crippen LogP contribution in [0.15, 0.2) is 24.3 Å². The van der Waals surface area contributed by atoms with Crippen molar-refractivity contribution in [3.63, 3.8) is 0 Å². The van der Waals surface area contributed by atoms with E-state index in [9.17, 15) is 0 Å². The fraction of sp³-hybridized carbons (Fsp3) is 0.250. The van der Waals surface area contributed by atoms with Crippen molar-refractivity contribution in [2.75, 3.05) is 13.7 Å². The van der Waals surface area contributed by atoms with Crippen LogP contribution in [0.4, 0.5) is 0 Å². The minimum atomic E-state index is 0.703. The molecule has 0 unspecified atom stereocenters. The molecule has 0 amide bonds. The lowest BCUT2D eigenvalue weighted by Crippen LogP contribution is -1.92. The van der Waals surface area contributed by atoms with Crippen molar-refractivity contribution in [1.82, 2.24) is 4.98 Å². The average molecular weight is 201 g/mol. The van der Waals surface area contributed by atoms with Gasteiger partial charge in [0.1, 0.15) is 5.75 Å². The van der Waals surface area contributed by atoms with E-state index in [1.54, 1.807) is 7.11 Å². The average Bonchev–Trinajstić information content (AvgIpc) is 2.73. The van der Waals surface area contributed by atoms with Gasteiger partial charge in [-0.05, 0) is 12.1 Å². The number of methoxy groups -OCH3 is 1. The molecule has 2 heterocycles. The molecule has 0 radical (unpaired) electrons. The Bertz CT molecular complexity index is 522. The Labute approximate surface area is 87.6 Å². The highest BCUT2D eigenvalue weighted by Gasteiger charge is 2.21. The molecule has 1 aromatic carbocycles. The van der Waals surface area contributed by atoms with Crippen LogP contribution in [0.1, 0.15) is 5.56 Å². The summed E-state index contributed by atoms with van der Waals surface area (Å²) in [7, 11) is 1.69. The molecule has 0 saturated carbocycles. The van der Waals surface area contributed by atoms with Crippen molar-refractivity contribution in [3.05, 3.63) is 29.8 Å². The first-order valence-corrected chi connectivity index (χ1v) is 4.98. The third-order valence-electron chi connectivity index (χ3n) is 2.70. The zero-order valence-electron chi connectivity index (χ0n) is 8.49. The monoisotopic (exact) mass is 201 g/mol. The first-order chi connectivity index (χ1) is 7.40. The van der Waals surface area contributed by atoms with Crippen LogP contribution in [0.5, 0.6) is 11.6 Å². The highest BCUT2D eigenvalue weighted by Crippen LogP contribution is 2.37. The van der Waals surface area contributed by atoms with Crippen molar-refractivity contribution in [2.24, 2.45) is 0 Å². The summed E-state index contributed by atoms with van der Waals surface area (Å²) in [5.41, 5.74) is 2.02. The van der Waals surface area contributed by atoms with Gasteiger partial charge in [0.2, 0.25) is 5.88 Å². The highest BCUT2D eigenvalue weighted by molar-refractivity contribution is 5.87. The summed E-state index contributed by atoms with van der Waals surface area (Å²) in [6, 6.07) is 7.96. The van der Waals surface area contributed by atoms with E-state index >= 15 is 0 Å². The van der Waals surface area contributed by atoms with Crippen LogP contribution in [0, 0.1) is 0 Å². The second kappa shape index (κ2) is 3.12. The zero-order valence-corrected chi connectivity index (χ0v) is 8.49. The Morgan fingerprint density at radius 3 is 3.07 bits per heavy atom. The summed E-state index contributed by atoms with van der Waals surface area (Å²) < 4.78 is 10.9. The van der Waals surface area contributed by atoms with Crippen molar-refractivity contribution in [3.8, 4) is 11.6 Å². The van der Waals surface area contributed by atoms with E-state index in [1.165, 1.54) is 0 Å². The number of hydrogen-bond acceptors (Lipinski definition) is 3. The molecule has 3 nitrogen and oxygen atoms in total. The van der Waals surface area contributed by atoms with Gasteiger partial charge in [-0.3, -0.25) is 0 Å². The Kier molecular flexibility index (Phi) is 1.78.